The SMILES string of the molecule is C=C(CCCCBr)c1ccc2ccccc2c1. The summed E-state index contributed by atoms with van der Waals surface area (Å²) in [7, 11) is 0. The first-order valence-electron chi connectivity index (χ1n) is 6.04. The van der Waals surface area contributed by atoms with Crippen LogP contribution in [0.3, 0.4) is 0 Å². The van der Waals surface area contributed by atoms with E-state index in [9.17, 15) is 0 Å². The zero-order valence-corrected chi connectivity index (χ0v) is 11.5. The van der Waals surface area contributed by atoms with Gasteiger partial charge in [0.15, 0.2) is 0 Å². The van der Waals surface area contributed by atoms with Crippen molar-refractivity contribution in [3.63, 3.8) is 0 Å². The first-order valence-corrected chi connectivity index (χ1v) is 7.16. The maximum atomic E-state index is 4.19. The average Bonchev–Trinajstić information content (AvgIpc) is 2.38. The Balaban J connectivity index is 2.15. The van der Waals surface area contributed by atoms with E-state index < -0.39 is 0 Å². The third kappa shape index (κ3) is 3.19. The van der Waals surface area contributed by atoms with Crippen LogP contribution in [0.1, 0.15) is 24.8 Å². The number of unbranched alkanes of at least 4 members (excludes halogenated alkanes) is 1. The van der Waals surface area contributed by atoms with Gasteiger partial charge < -0.3 is 0 Å². The van der Waals surface area contributed by atoms with E-state index >= 15 is 0 Å². The molecule has 0 unspecified atom stereocenters. The molecule has 0 bridgehead atoms. The average molecular weight is 289 g/mol. The molecule has 2 aromatic carbocycles. The van der Waals surface area contributed by atoms with Crippen LogP contribution in [0.4, 0.5) is 0 Å². The molecule has 0 saturated heterocycles. The van der Waals surface area contributed by atoms with E-state index in [2.05, 4.69) is 65.0 Å². The van der Waals surface area contributed by atoms with E-state index in [1.165, 1.54) is 34.8 Å². The lowest BCUT2D eigenvalue weighted by atomic mass is 9.99. The van der Waals surface area contributed by atoms with Crippen molar-refractivity contribution in [1.82, 2.24) is 0 Å². The fourth-order valence-corrected chi connectivity index (χ4v) is 2.38. The van der Waals surface area contributed by atoms with Crippen LogP contribution in [0.15, 0.2) is 49.0 Å². The normalized spacial score (nSPS) is 10.6. The quantitative estimate of drug-likeness (QED) is 0.509. The summed E-state index contributed by atoms with van der Waals surface area (Å²) >= 11 is 3.46. The molecule has 0 radical (unpaired) electrons. The second-order valence-electron chi connectivity index (χ2n) is 4.31. The number of fused-ring (bicyclic) bond motifs is 1. The molecular formula is C16H17Br. The maximum absolute atomic E-state index is 4.19. The molecule has 0 aromatic heterocycles. The van der Waals surface area contributed by atoms with E-state index in [0.29, 0.717) is 0 Å². The van der Waals surface area contributed by atoms with Crippen molar-refractivity contribution in [3.8, 4) is 0 Å². The largest absolute Gasteiger partial charge is 0.0952 e. The molecular weight excluding hydrogens is 272 g/mol. The highest BCUT2D eigenvalue weighted by Gasteiger charge is 2.00. The Hall–Kier alpha value is -1.08. The van der Waals surface area contributed by atoms with Gasteiger partial charge in [-0.3, -0.25) is 0 Å². The molecule has 17 heavy (non-hydrogen) atoms. The van der Waals surface area contributed by atoms with E-state index in [1.54, 1.807) is 0 Å². The number of alkyl halides is 1. The summed E-state index contributed by atoms with van der Waals surface area (Å²) < 4.78 is 0. The molecule has 0 aliphatic carbocycles. The van der Waals surface area contributed by atoms with Crippen LogP contribution in [0, 0.1) is 0 Å². The number of halogens is 1. The van der Waals surface area contributed by atoms with Crippen molar-refractivity contribution in [3.05, 3.63) is 54.6 Å². The summed E-state index contributed by atoms with van der Waals surface area (Å²) in [5.74, 6) is 0. The van der Waals surface area contributed by atoms with Crippen LogP contribution in [-0.2, 0) is 0 Å². The second-order valence-corrected chi connectivity index (χ2v) is 5.10. The highest BCUT2D eigenvalue weighted by Crippen LogP contribution is 2.23. The van der Waals surface area contributed by atoms with Gasteiger partial charge in [-0.15, -0.1) is 0 Å². The van der Waals surface area contributed by atoms with Crippen molar-refractivity contribution in [1.29, 1.82) is 0 Å². The fraction of sp³-hybridized carbons (Fsp3) is 0.250. The van der Waals surface area contributed by atoms with Gasteiger partial charge in [-0.1, -0.05) is 58.9 Å². The zero-order chi connectivity index (χ0) is 12.1. The molecule has 2 aromatic rings. The van der Waals surface area contributed by atoms with Gasteiger partial charge in [0.05, 0.1) is 0 Å². The Bertz CT molecular complexity index is 514. The van der Waals surface area contributed by atoms with E-state index in [0.717, 1.165) is 11.8 Å². The van der Waals surface area contributed by atoms with E-state index in [4.69, 9.17) is 0 Å². The van der Waals surface area contributed by atoms with Crippen LogP contribution in [0.2, 0.25) is 0 Å². The molecule has 0 atom stereocenters. The van der Waals surface area contributed by atoms with Crippen molar-refractivity contribution in [2.24, 2.45) is 0 Å². The molecule has 0 aliphatic rings. The maximum Gasteiger partial charge on any atom is 0.00314 e. The number of hydrogen-bond donors (Lipinski definition) is 0. The first-order chi connectivity index (χ1) is 8.31. The summed E-state index contributed by atoms with van der Waals surface area (Å²) in [6, 6.07) is 15.1. The summed E-state index contributed by atoms with van der Waals surface area (Å²) in [6.45, 7) is 4.19. The van der Waals surface area contributed by atoms with Crippen molar-refractivity contribution < 1.29 is 0 Å². The van der Waals surface area contributed by atoms with Crippen LogP contribution >= 0.6 is 15.9 Å². The lowest BCUT2D eigenvalue weighted by Gasteiger charge is -2.07. The minimum Gasteiger partial charge on any atom is -0.0952 e. The van der Waals surface area contributed by atoms with Gasteiger partial charge in [-0.2, -0.15) is 0 Å². The highest BCUT2D eigenvalue weighted by atomic mass is 79.9. The van der Waals surface area contributed by atoms with E-state index in [1.807, 2.05) is 0 Å². The summed E-state index contributed by atoms with van der Waals surface area (Å²) in [5, 5.41) is 3.68. The molecule has 88 valence electrons. The van der Waals surface area contributed by atoms with Gasteiger partial charge in [0.1, 0.15) is 0 Å². The third-order valence-corrected chi connectivity index (χ3v) is 3.58. The molecule has 0 N–H and O–H groups in total. The molecule has 2 rings (SSSR count). The number of benzene rings is 2. The van der Waals surface area contributed by atoms with Crippen LogP contribution < -0.4 is 0 Å². The molecule has 1 heteroatoms. The molecule has 0 aliphatic heterocycles. The summed E-state index contributed by atoms with van der Waals surface area (Å²) in [4.78, 5) is 0. The monoisotopic (exact) mass is 288 g/mol. The van der Waals surface area contributed by atoms with Crippen LogP contribution in [-0.4, -0.2) is 5.33 Å². The Morgan fingerprint density at radius 3 is 2.53 bits per heavy atom. The summed E-state index contributed by atoms with van der Waals surface area (Å²) in [6.07, 6.45) is 3.51. The Kier molecular flexibility index (Phi) is 4.38. The van der Waals surface area contributed by atoms with Gasteiger partial charge in [0.25, 0.3) is 0 Å². The lowest BCUT2D eigenvalue weighted by molar-refractivity contribution is 0.838. The standard InChI is InChI=1S/C16H17Br/c1-13(6-4-5-11-17)15-10-9-14-7-2-3-8-16(14)12-15/h2-3,7-10,12H,1,4-6,11H2. The van der Waals surface area contributed by atoms with Crippen LogP contribution in [0.25, 0.3) is 16.3 Å². The Morgan fingerprint density at radius 2 is 1.76 bits per heavy atom. The first kappa shape index (κ1) is 12.4. The molecule has 0 nitrogen and oxygen atoms in total. The molecule has 0 spiro atoms. The van der Waals surface area contributed by atoms with Gasteiger partial charge in [0, 0.05) is 5.33 Å². The van der Waals surface area contributed by atoms with Gasteiger partial charge in [-0.05, 0) is 47.2 Å². The van der Waals surface area contributed by atoms with Gasteiger partial charge in [0.2, 0.25) is 0 Å². The predicted octanol–water partition coefficient (Wildman–Crippen LogP) is 5.42. The zero-order valence-electron chi connectivity index (χ0n) is 9.95. The molecule has 0 amide bonds. The minimum absolute atomic E-state index is 1.08. The summed E-state index contributed by atoms with van der Waals surface area (Å²) in [5.41, 5.74) is 2.52. The van der Waals surface area contributed by atoms with Crippen molar-refractivity contribution in [2.45, 2.75) is 19.3 Å². The van der Waals surface area contributed by atoms with Gasteiger partial charge in [-0.25, -0.2) is 0 Å². The smallest absolute Gasteiger partial charge is 0.00314 e. The number of hydrogen-bond acceptors (Lipinski definition) is 0. The number of allylic oxidation sites excluding steroid dienone is 1. The van der Waals surface area contributed by atoms with Crippen molar-refractivity contribution >= 4 is 32.3 Å². The fourth-order valence-electron chi connectivity index (χ4n) is 1.99. The highest BCUT2D eigenvalue weighted by molar-refractivity contribution is 9.09. The van der Waals surface area contributed by atoms with Gasteiger partial charge >= 0.3 is 0 Å². The molecule has 0 fully saturated rings. The molecule has 0 heterocycles. The minimum atomic E-state index is 1.08. The number of rotatable bonds is 5. The Labute approximate surface area is 111 Å². The topological polar surface area (TPSA) is 0 Å². The second kappa shape index (κ2) is 6.02. The van der Waals surface area contributed by atoms with E-state index in [-0.39, 0.29) is 0 Å². The Morgan fingerprint density at radius 1 is 1.00 bits per heavy atom. The van der Waals surface area contributed by atoms with Crippen molar-refractivity contribution in [2.75, 3.05) is 5.33 Å². The lowest BCUT2D eigenvalue weighted by Crippen LogP contribution is -1.85. The van der Waals surface area contributed by atoms with Crippen LogP contribution in [0.5, 0.6) is 0 Å². The molecule has 0 saturated carbocycles. The third-order valence-electron chi connectivity index (χ3n) is 3.02. The predicted molar refractivity (Wildman–Crippen MR) is 80.6 cm³/mol.